The summed E-state index contributed by atoms with van der Waals surface area (Å²) in [5.74, 6) is 1.70. The highest BCUT2D eigenvalue weighted by Gasteiger charge is 2.04. The van der Waals surface area contributed by atoms with E-state index in [2.05, 4.69) is 19.9 Å². The van der Waals surface area contributed by atoms with Gasteiger partial charge in [-0.2, -0.15) is 0 Å². The molecule has 0 radical (unpaired) electrons. The molecule has 0 fully saturated rings. The number of hydrogen-bond acceptors (Lipinski definition) is 1. The molecule has 1 nitrogen and oxygen atoms in total. The third-order valence-electron chi connectivity index (χ3n) is 1.69. The van der Waals surface area contributed by atoms with Gasteiger partial charge in [0, 0.05) is 5.92 Å². The fourth-order valence-electron chi connectivity index (χ4n) is 0.878. The Labute approximate surface area is 64.1 Å². The summed E-state index contributed by atoms with van der Waals surface area (Å²) < 4.78 is 5.40. The third kappa shape index (κ3) is 2.90. The average molecular weight is 142 g/mol. The molecule has 0 heterocycles. The van der Waals surface area contributed by atoms with Crippen molar-refractivity contribution < 1.29 is 4.74 Å². The fourth-order valence-corrected chi connectivity index (χ4v) is 0.878. The molecule has 1 heteroatoms. The highest BCUT2D eigenvalue weighted by molar-refractivity contribution is 4.94. The van der Waals surface area contributed by atoms with Crippen molar-refractivity contribution in [2.45, 2.75) is 34.1 Å². The van der Waals surface area contributed by atoms with E-state index in [1.165, 1.54) is 0 Å². The lowest BCUT2D eigenvalue weighted by Crippen LogP contribution is -2.01. The van der Waals surface area contributed by atoms with Crippen LogP contribution in [0, 0.1) is 5.92 Å². The molecule has 0 aliphatic rings. The van der Waals surface area contributed by atoms with Crippen LogP contribution in [0.25, 0.3) is 0 Å². The average Bonchev–Trinajstić information content (AvgIpc) is 1.99. The maximum Gasteiger partial charge on any atom is 0.0944 e. The zero-order valence-electron chi connectivity index (χ0n) is 7.48. The van der Waals surface area contributed by atoms with E-state index in [9.17, 15) is 0 Å². The van der Waals surface area contributed by atoms with Gasteiger partial charge < -0.3 is 4.74 Å². The molecule has 0 spiro atoms. The standard InChI is InChI=1S/C9H18O/c1-5-8(4)9(6-2)10-7-3/h6,8H,5,7H2,1-4H3. The van der Waals surface area contributed by atoms with Crippen molar-refractivity contribution in [3.8, 4) is 0 Å². The van der Waals surface area contributed by atoms with Crippen molar-refractivity contribution in [1.29, 1.82) is 0 Å². The summed E-state index contributed by atoms with van der Waals surface area (Å²) in [6.07, 6.45) is 3.21. The molecule has 1 atom stereocenters. The highest BCUT2D eigenvalue weighted by Crippen LogP contribution is 2.14. The molecule has 60 valence electrons. The Balaban J connectivity index is 3.82. The Morgan fingerprint density at radius 2 is 2.10 bits per heavy atom. The van der Waals surface area contributed by atoms with Crippen molar-refractivity contribution in [3.05, 3.63) is 11.8 Å². The Morgan fingerprint density at radius 3 is 2.40 bits per heavy atom. The zero-order valence-corrected chi connectivity index (χ0v) is 7.48. The molecule has 0 aromatic rings. The Morgan fingerprint density at radius 1 is 1.50 bits per heavy atom. The molecular formula is C9H18O. The summed E-state index contributed by atoms with van der Waals surface area (Å²) in [7, 11) is 0. The van der Waals surface area contributed by atoms with Gasteiger partial charge in [-0.3, -0.25) is 0 Å². The van der Waals surface area contributed by atoms with Crippen molar-refractivity contribution >= 4 is 0 Å². The molecule has 0 aromatic carbocycles. The van der Waals surface area contributed by atoms with Crippen molar-refractivity contribution in [1.82, 2.24) is 0 Å². The van der Waals surface area contributed by atoms with Gasteiger partial charge in [0.15, 0.2) is 0 Å². The van der Waals surface area contributed by atoms with Gasteiger partial charge in [0.25, 0.3) is 0 Å². The molecule has 10 heavy (non-hydrogen) atoms. The summed E-state index contributed by atoms with van der Waals surface area (Å²) in [6.45, 7) is 9.19. The molecule has 1 unspecified atom stereocenters. The van der Waals surface area contributed by atoms with Crippen LogP contribution in [-0.4, -0.2) is 6.61 Å². The van der Waals surface area contributed by atoms with Crippen LogP contribution >= 0.6 is 0 Å². The van der Waals surface area contributed by atoms with E-state index < -0.39 is 0 Å². The summed E-state index contributed by atoms with van der Waals surface area (Å²) in [5.41, 5.74) is 0. The molecule has 0 saturated heterocycles. The minimum atomic E-state index is 0.574. The van der Waals surface area contributed by atoms with E-state index in [0.717, 1.165) is 18.8 Å². The summed E-state index contributed by atoms with van der Waals surface area (Å²) >= 11 is 0. The lowest BCUT2D eigenvalue weighted by Gasteiger charge is -2.13. The predicted octanol–water partition coefficient (Wildman–Crippen LogP) is 2.97. The molecule has 0 bridgehead atoms. The number of rotatable bonds is 4. The van der Waals surface area contributed by atoms with Gasteiger partial charge in [0.05, 0.1) is 12.4 Å². The first-order valence-electron chi connectivity index (χ1n) is 4.05. The zero-order chi connectivity index (χ0) is 7.98. The molecule has 0 rings (SSSR count). The normalized spacial score (nSPS) is 15.0. The first-order valence-corrected chi connectivity index (χ1v) is 4.05. The molecule has 0 N–H and O–H groups in total. The van der Waals surface area contributed by atoms with Crippen LogP contribution in [0.2, 0.25) is 0 Å². The molecule has 0 amide bonds. The van der Waals surface area contributed by atoms with Gasteiger partial charge in [-0.1, -0.05) is 13.8 Å². The minimum Gasteiger partial charge on any atom is -0.498 e. The van der Waals surface area contributed by atoms with Crippen LogP contribution < -0.4 is 0 Å². The fraction of sp³-hybridized carbons (Fsp3) is 0.778. The highest BCUT2D eigenvalue weighted by atomic mass is 16.5. The molecule has 0 aliphatic carbocycles. The molecule has 0 aliphatic heterocycles. The minimum absolute atomic E-state index is 0.574. The second kappa shape index (κ2) is 5.33. The molecular weight excluding hydrogens is 124 g/mol. The van der Waals surface area contributed by atoms with Crippen molar-refractivity contribution in [3.63, 3.8) is 0 Å². The van der Waals surface area contributed by atoms with Gasteiger partial charge in [0.1, 0.15) is 0 Å². The monoisotopic (exact) mass is 142 g/mol. The second-order valence-corrected chi connectivity index (χ2v) is 2.43. The van der Waals surface area contributed by atoms with Crippen LogP contribution in [0.5, 0.6) is 0 Å². The van der Waals surface area contributed by atoms with E-state index in [0.29, 0.717) is 5.92 Å². The van der Waals surface area contributed by atoms with Crippen LogP contribution in [0.4, 0.5) is 0 Å². The van der Waals surface area contributed by atoms with E-state index in [-0.39, 0.29) is 0 Å². The smallest absolute Gasteiger partial charge is 0.0944 e. The van der Waals surface area contributed by atoms with E-state index in [1.807, 2.05) is 13.8 Å². The maximum absolute atomic E-state index is 5.40. The number of ether oxygens (including phenoxy) is 1. The predicted molar refractivity (Wildman–Crippen MR) is 44.8 cm³/mol. The molecule has 0 aromatic heterocycles. The van der Waals surface area contributed by atoms with Gasteiger partial charge in [-0.25, -0.2) is 0 Å². The van der Waals surface area contributed by atoms with Crippen molar-refractivity contribution in [2.75, 3.05) is 6.61 Å². The van der Waals surface area contributed by atoms with Gasteiger partial charge in [-0.05, 0) is 26.3 Å². The van der Waals surface area contributed by atoms with Crippen LogP contribution in [-0.2, 0) is 4.74 Å². The Kier molecular flexibility index (Phi) is 5.09. The maximum atomic E-state index is 5.40. The topological polar surface area (TPSA) is 9.23 Å². The first kappa shape index (κ1) is 9.54. The second-order valence-electron chi connectivity index (χ2n) is 2.43. The summed E-state index contributed by atoms with van der Waals surface area (Å²) in [6, 6.07) is 0. The summed E-state index contributed by atoms with van der Waals surface area (Å²) in [4.78, 5) is 0. The number of hydrogen-bond donors (Lipinski definition) is 0. The van der Waals surface area contributed by atoms with Gasteiger partial charge in [-0.15, -0.1) is 0 Å². The molecule has 0 saturated carbocycles. The van der Waals surface area contributed by atoms with Crippen molar-refractivity contribution in [2.24, 2.45) is 5.92 Å². The SMILES string of the molecule is CC=C(OCC)C(C)CC. The quantitative estimate of drug-likeness (QED) is 0.548. The first-order chi connectivity index (χ1) is 4.76. The Bertz CT molecular complexity index is 105. The lowest BCUT2D eigenvalue weighted by molar-refractivity contribution is 0.193. The Hall–Kier alpha value is -0.460. The van der Waals surface area contributed by atoms with Crippen LogP contribution in [0.3, 0.4) is 0 Å². The van der Waals surface area contributed by atoms with Crippen LogP contribution in [0.15, 0.2) is 11.8 Å². The van der Waals surface area contributed by atoms with Crippen LogP contribution in [0.1, 0.15) is 34.1 Å². The van der Waals surface area contributed by atoms with E-state index in [4.69, 9.17) is 4.74 Å². The van der Waals surface area contributed by atoms with E-state index >= 15 is 0 Å². The van der Waals surface area contributed by atoms with E-state index in [1.54, 1.807) is 0 Å². The third-order valence-corrected chi connectivity index (χ3v) is 1.69. The summed E-state index contributed by atoms with van der Waals surface area (Å²) in [5, 5.41) is 0. The number of allylic oxidation sites excluding steroid dienone is 2. The largest absolute Gasteiger partial charge is 0.498 e. The lowest BCUT2D eigenvalue weighted by atomic mass is 10.1. The van der Waals surface area contributed by atoms with Gasteiger partial charge >= 0.3 is 0 Å². The van der Waals surface area contributed by atoms with Gasteiger partial charge in [0.2, 0.25) is 0 Å².